The number of alkyl halides is 1. The van der Waals surface area contributed by atoms with Gasteiger partial charge in [-0.3, -0.25) is 0 Å². The molecule has 5 heteroatoms. The van der Waals surface area contributed by atoms with E-state index < -0.39 is 9.84 Å². The van der Waals surface area contributed by atoms with Crippen LogP contribution in [0.3, 0.4) is 0 Å². The summed E-state index contributed by atoms with van der Waals surface area (Å²) in [6.45, 7) is 1.64. The third-order valence-corrected chi connectivity index (χ3v) is 6.65. The monoisotopic (exact) mass is 296 g/mol. The minimum absolute atomic E-state index is 0.293. The Kier molecular flexibility index (Phi) is 3.73. The second-order valence-electron chi connectivity index (χ2n) is 4.58. The maximum atomic E-state index is 11.4. The summed E-state index contributed by atoms with van der Waals surface area (Å²) in [6, 6.07) is 0. The molecule has 0 aromatic carbocycles. The third kappa shape index (κ3) is 2.94. The van der Waals surface area contributed by atoms with Crippen LogP contribution in [0.15, 0.2) is 0 Å². The Morgan fingerprint density at radius 1 is 1.27 bits per heavy atom. The lowest BCUT2D eigenvalue weighted by Gasteiger charge is -2.29. The molecule has 3 atom stereocenters. The van der Waals surface area contributed by atoms with Gasteiger partial charge in [0.15, 0.2) is 9.84 Å². The Bertz CT molecular complexity index is 309. The zero-order valence-electron chi connectivity index (χ0n) is 8.69. The van der Waals surface area contributed by atoms with Gasteiger partial charge in [-0.2, -0.15) is 0 Å². The highest BCUT2D eigenvalue weighted by atomic mass is 79.9. The van der Waals surface area contributed by atoms with E-state index in [1.54, 1.807) is 0 Å². The van der Waals surface area contributed by atoms with Crippen molar-refractivity contribution in [2.24, 2.45) is 11.8 Å². The highest BCUT2D eigenvalue weighted by Crippen LogP contribution is 2.34. The van der Waals surface area contributed by atoms with Crippen LogP contribution in [0.5, 0.6) is 0 Å². The average molecular weight is 297 g/mol. The van der Waals surface area contributed by atoms with Crippen molar-refractivity contribution in [3.05, 3.63) is 0 Å². The van der Waals surface area contributed by atoms with E-state index in [2.05, 4.69) is 15.9 Å². The van der Waals surface area contributed by atoms with E-state index in [1.165, 1.54) is 0 Å². The molecule has 0 saturated carbocycles. The molecule has 0 bridgehead atoms. The largest absolute Gasteiger partial charge is 0.381 e. The summed E-state index contributed by atoms with van der Waals surface area (Å²) >= 11 is 3.67. The van der Waals surface area contributed by atoms with Crippen molar-refractivity contribution in [3.63, 3.8) is 0 Å². The molecular formula is C10H17BrO3S. The molecule has 2 aliphatic rings. The standard InChI is InChI=1S/C10H17BrO3S/c11-10(8-2-1-4-14-6-8)9-3-5-15(12,13)7-9/h8-10H,1-7H2. The van der Waals surface area contributed by atoms with Crippen LogP contribution in [0.4, 0.5) is 0 Å². The fourth-order valence-electron chi connectivity index (χ4n) is 2.48. The van der Waals surface area contributed by atoms with Crippen LogP contribution in [-0.2, 0) is 14.6 Å². The second kappa shape index (κ2) is 4.72. The zero-order chi connectivity index (χ0) is 10.9. The minimum Gasteiger partial charge on any atom is -0.381 e. The van der Waals surface area contributed by atoms with E-state index in [1.807, 2.05) is 0 Å². The molecule has 0 aromatic heterocycles. The number of ether oxygens (including phenoxy) is 1. The van der Waals surface area contributed by atoms with E-state index in [9.17, 15) is 8.42 Å². The zero-order valence-corrected chi connectivity index (χ0v) is 11.1. The summed E-state index contributed by atoms with van der Waals surface area (Å²) in [5.74, 6) is 1.52. The fourth-order valence-corrected chi connectivity index (χ4v) is 5.45. The van der Waals surface area contributed by atoms with Crippen LogP contribution >= 0.6 is 15.9 Å². The van der Waals surface area contributed by atoms with Crippen molar-refractivity contribution < 1.29 is 13.2 Å². The Labute approximate surface area is 99.6 Å². The van der Waals surface area contributed by atoms with E-state index in [0.717, 1.165) is 32.5 Å². The highest BCUT2D eigenvalue weighted by molar-refractivity contribution is 9.09. The molecule has 3 nitrogen and oxygen atoms in total. The predicted molar refractivity (Wildman–Crippen MR) is 63.0 cm³/mol. The normalized spacial score (nSPS) is 37.7. The lowest BCUT2D eigenvalue weighted by Crippen LogP contribution is -2.31. The molecule has 2 heterocycles. The lowest BCUT2D eigenvalue weighted by atomic mass is 9.90. The van der Waals surface area contributed by atoms with Gasteiger partial charge in [-0.1, -0.05) is 15.9 Å². The molecule has 0 radical (unpaired) electrons. The summed E-state index contributed by atoms with van der Waals surface area (Å²) in [6.07, 6.45) is 3.08. The molecule has 0 amide bonds. The first kappa shape index (κ1) is 11.9. The molecule has 2 rings (SSSR count). The molecule has 2 saturated heterocycles. The fraction of sp³-hybridized carbons (Fsp3) is 1.00. The van der Waals surface area contributed by atoms with Crippen LogP contribution in [0.25, 0.3) is 0 Å². The molecule has 0 N–H and O–H groups in total. The lowest BCUT2D eigenvalue weighted by molar-refractivity contribution is 0.0500. The second-order valence-corrected chi connectivity index (χ2v) is 7.87. The van der Waals surface area contributed by atoms with Gasteiger partial charge in [0, 0.05) is 11.4 Å². The van der Waals surface area contributed by atoms with Crippen molar-refractivity contribution in [1.82, 2.24) is 0 Å². The Morgan fingerprint density at radius 3 is 2.60 bits per heavy atom. The van der Waals surface area contributed by atoms with Crippen molar-refractivity contribution in [1.29, 1.82) is 0 Å². The van der Waals surface area contributed by atoms with Crippen molar-refractivity contribution in [2.75, 3.05) is 24.7 Å². The van der Waals surface area contributed by atoms with E-state index >= 15 is 0 Å². The quantitative estimate of drug-likeness (QED) is 0.727. The number of halogens is 1. The first-order valence-corrected chi connectivity index (χ1v) is 8.24. The third-order valence-electron chi connectivity index (χ3n) is 3.36. The Hall–Kier alpha value is 0.390. The number of sulfone groups is 1. The molecule has 0 aromatic rings. The van der Waals surface area contributed by atoms with Gasteiger partial charge >= 0.3 is 0 Å². The summed E-state index contributed by atoms with van der Waals surface area (Å²) in [5, 5.41) is 0. The molecule has 2 aliphatic heterocycles. The summed E-state index contributed by atoms with van der Waals surface area (Å²) in [5.41, 5.74) is 0. The van der Waals surface area contributed by atoms with Crippen LogP contribution in [-0.4, -0.2) is 38.0 Å². The maximum absolute atomic E-state index is 11.4. The number of hydrogen-bond donors (Lipinski definition) is 0. The van der Waals surface area contributed by atoms with Crippen LogP contribution in [0.1, 0.15) is 19.3 Å². The Balaban J connectivity index is 1.93. The van der Waals surface area contributed by atoms with Gasteiger partial charge in [0.2, 0.25) is 0 Å². The number of rotatable bonds is 2. The van der Waals surface area contributed by atoms with Crippen molar-refractivity contribution in [2.45, 2.75) is 24.1 Å². The first-order valence-electron chi connectivity index (χ1n) is 5.51. The summed E-state index contributed by atoms with van der Waals surface area (Å²) in [4.78, 5) is 0.315. The maximum Gasteiger partial charge on any atom is 0.150 e. The van der Waals surface area contributed by atoms with Gasteiger partial charge in [0.05, 0.1) is 18.1 Å². The smallest absolute Gasteiger partial charge is 0.150 e. The van der Waals surface area contributed by atoms with Gasteiger partial charge < -0.3 is 4.74 Å². The molecular weight excluding hydrogens is 280 g/mol. The van der Waals surface area contributed by atoms with Crippen LogP contribution in [0.2, 0.25) is 0 Å². The molecule has 88 valence electrons. The molecule has 15 heavy (non-hydrogen) atoms. The topological polar surface area (TPSA) is 43.4 Å². The summed E-state index contributed by atoms with van der Waals surface area (Å²) < 4.78 is 28.2. The molecule has 2 fully saturated rings. The van der Waals surface area contributed by atoms with Gasteiger partial charge in [0.1, 0.15) is 0 Å². The predicted octanol–water partition coefficient (Wildman–Crippen LogP) is 1.61. The molecule has 0 aliphatic carbocycles. The Morgan fingerprint density at radius 2 is 2.07 bits per heavy atom. The first-order chi connectivity index (χ1) is 7.08. The van der Waals surface area contributed by atoms with Gasteiger partial charge in [0.25, 0.3) is 0 Å². The number of hydrogen-bond acceptors (Lipinski definition) is 3. The van der Waals surface area contributed by atoms with Gasteiger partial charge in [-0.15, -0.1) is 0 Å². The minimum atomic E-state index is -2.75. The van der Waals surface area contributed by atoms with Crippen molar-refractivity contribution >= 4 is 25.8 Å². The molecule has 0 spiro atoms. The average Bonchev–Trinajstić information content (AvgIpc) is 2.59. The van der Waals surface area contributed by atoms with Crippen molar-refractivity contribution in [3.8, 4) is 0 Å². The van der Waals surface area contributed by atoms with E-state index in [4.69, 9.17) is 4.74 Å². The SMILES string of the molecule is O=S1(=O)CCC(C(Br)C2CCCOC2)C1. The van der Waals surface area contributed by atoms with Gasteiger partial charge in [-0.25, -0.2) is 8.42 Å². The van der Waals surface area contributed by atoms with E-state index in [0.29, 0.717) is 28.2 Å². The van der Waals surface area contributed by atoms with Crippen LogP contribution in [0, 0.1) is 11.8 Å². The highest BCUT2D eigenvalue weighted by Gasteiger charge is 2.36. The van der Waals surface area contributed by atoms with E-state index in [-0.39, 0.29) is 0 Å². The molecule has 3 unspecified atom stereocenters. The van der Waals surface area contributed by atoms with Gasteiger partial charge in [-0.05, 0) is 31.1 Å². The summed E-state index contributed by atoms with van der Waals surface area (Å²) in [7, 11) is -2.75. The van der Waals surface area contributed by atoms with Crippen LogP contribution < -0.4 is 0 Å².